The van der Waals surface area contributed by atoms with E-state index in [1.807, 2.05) is 11.3 Å². The fraction of sp³-hybridized carbons (Fsp3) is 0.0714. The highest BCUT2D eigenvalue weighted by Gasteiger charge is 2.17. The molecule has 2 aromatic carbocycles. The van der Waals surface area contributed by atoms with Crippen molar-refractivity contribution < 1.29 is 4.57 Å². The van der Waals surface area contributed by atoms with E-state index in [1.165, 1.54) is 20.8 Å². The van der Waals surface area contributed by atoms with Crippen LogP contribution in [0, 0.1) is 0 Å². The molecular formula is C14H12NS+. The van der Waals surface area contributed by atoms with E-state index in [0.29, 0.717) is 0 Å². The van der Waals surface area contributed by atoms with E-state index in [1.54, 1.807) is 0 Å². The van der Waals surface area contributed by atoms with Gasteiger partial charge in [-0.1, -0.05) is 41.7 Å². The highest BCUT2D eigenvalue weighted by Crippen LogP contribution is 2.27. The van der Waals surface area contributed by atoms with E-state index in [2.05, 4.69) is 66.2 Å². The molecule has 0 aliphatic rings. The fourth-order valence-corrected chi connectivity index (χ4v) is 3.09. The van der Waals surface area contributed by atoms with Crippen LogP contribution in [0.15, 0.2) is 54.6 Å². The van der Waals surface area contributed by atoms with Gasteiger partial charge in [-0.3, -0.25) is 0 Å². The molecule has 0 spiro atoms. The summed E-state index contributed by atoms with van der Waals surface area (Å²) >= 11 is 1.84. The summed E-state index contributed by atoms with van der Waals surface area (Å²) in [5.74, 6) is 0. The van der Waals surface area contributed by atoms with E-state index < -0.39 is 0 Å². The third kappa shape index (κ3) is 1.42. The minimum atomic E-state index is 1.28. The molecule has 1 heterocycles. The van der Waals surface area contributed by atoms with Crippen LogP contribution >= 0.6 is 11.3 Å². The summed E-state index contributed by atoms with van der Waals surface area (Å²) in [5.41, 5.74) is 2.58. The number of hydrogen-bond donors (Lipinski definition) is 0. The maximum absolute atomic E-state index is 2.26. The van der Waals surface area contributed by atoms with Crippen molar-refractivity contribution in [2.24, 2.45) is 7.05 Å². The molecule has 0 bridgehead atoms. The summed E-state index contributed by atoms with van der Waals surface area (Å²) < 4.78 is 3.60. The Morgan fingerprint density at radius 3 is 2.31 bits per heavy atom. The van der Waals surface area contributed by atoms with Gasteiger partial charge in [-0.05, 0) is 18.2 Å². The van der Waals surface area contributed by atoms with Gasteiger partial charge in [-0.2, -0.15) is 4.57 Å². The van der Waals surface area contributed by atoms with Gasteiger partial charge in [0.2, 0.25) is 5.52 Å². The van der Waals surface area contributed by atoms with Gasteiger partial charge >= 0.3 is 0 Å². The first kappa shape index (κ1) is 9.55. The minimum absolute atomic E-state index is 1.28. The van der Waals surface area contributed by atoms with Crippen molar-refractivity contribution in [1.82, 2.24) is 0 Å². The summed E-state index contributed by atoms with van der Waals surface area (Å²) in [6.07, 6.45) is 0. The molecule has 2 heteroatoms. The summed E-state index contributed by atoms with van der Waals surface area (Å²) in [6.45, 7) is 0. The Balaban J connectivity index is 2.29. The molecule has 0 unspecified atom stereocenters. The van der Waals surface area contributed by atoms with Crippen LogP contribution in [0.2, 0.25) is 0 Å². The van der Waals surface area contributed by atoms with E-state index >= 15 is 0 Å². The van der Waals surface area contributed by atoms with Crippen molar-refractivity contribution in [3.8, 4) is 10.6 Å². The zero-order valence-electron chi connectivity index (χ0n) is 9.05. The minimum Gasteiger partial charge on any atom is -0.184 e. The zero-order chi connectivity index (χ0) is 11.0. The Bertz CT molecular complexity index is 626. The SMILES string of the molecule is C[n+]1c(-c2ccccc2)sc2ccccc21. The number of benzene rings is 2. The van der Waals surface area contributed by atoms with Crippen LogP contribution in [0.3, 0.4) is 0 Å². The van der Waals surface area contributed by atoms with Crippen molar-refractivity contribution in [1.29, 1.82) is 0 Å². The molecule has 0 atom stereocenters. The molecule has 0 radical (unpaired) electrons. The molecule has 1 aromatic heterocycles. The van der Waals surface area contributed by atoms with Crippen LogP contribution in [-0.2, 0) is 7.05 Å². The van der Waals surface area contributed by atoms with Gasteiger partial charge in [0.15, 0.2) is 0 Å². The van der Waals surface area contributed by atoms with Gasteiger partial charge in [0.1, 0.15) is 11.7 Å². The van der Waals surface area contributed by atoms with E-state index in [-0.39, 0.29) is 0 Å². The molecule has 16 heavy (non-hydrogen) atoms. The quantitative estimate of drug-likeness (QED) is 0.560. The molecule has 0 aliphatic carbocycles. The summed E-state index contributed by atoms with van der Waals surface area (Å²) in [6, 6.07) is 19.0. The Hall–Kier alpha value is -1.67. The molecule has 78 valence electrons. The summed E-state index contributed by atoms with van der Waals surface area (Å²) in [5, 5.41) is 1.31. The summed E-state index contributed by atoms with van der Waals surface area (Å²) in [7, 11) is 2.13. The van der Waals surface area contributed by atoms with Crippen molar-refractivity contribution in [2.75, 3.05) is 0 Å². The lowest BCUT2D eigenvalue weighted by Crippen LogP contribution is -2.28. The largest absolute Gasteiger partial charge is 0.269 e. The fourth-order valence-electron chi connectivity index (χ4n) is 1.94. The second-order valence-electron chi connectivity index (χ2n) is 3.80. The first-order valence-electron chi connectivity index (χ1n) is 5.29. The average molecular weight is 226 g/mol. The van der Waals surface area contributed by atoms with Gasteiger partial charge in [-0.25, -0.2) is 0 Å². The Morgan fingerprint density at radius 2 is 1.56 bits per heavy atom. The predicted molar refractivity (Wildman–Crippen MR) is 68.4 cm³/mol. The van der Waals surface area contributed by atoms with Crippen LogP contribution < -0.4 is 4.57 Å². The van der Waals surface area contributed by atoms with Crippen molar-refractivity contribution in [3.63, 3.8) is 0 Å². The molecule has 0 aliphatic heterocycles. The molecule has 3 rings (SSSR count). The van der Waals surface area contributed by atoms with Gasteiger partial charge in [0.25, 0.3) is 5.01 Å². The van der Waals surface area contributed by atoms with Crippen LogP contribution in [0.4, 0.5) is 0 Å². The van der Waals surface area contributed by atoms with Crippen molar-refractivity contribution >= 4 is 21.6 Å². The van der Waals surface area contributed by atoms with Crippen LogP contribution in [0.25, 0.3) is 20.8 Å². The maximum Gasteiger partial charge on any atom is 0.269 e. The molecule has 1 nitrogen and oxygen atoms in total. The van der Waals surface area contributed by atoms with Gasteiger partial charge in [-0.15, -0.1) is 0 Å². The predicted octanol–water partition coefficient (Wildman–Crippen LogP) is 3.39. The number of rotatable bonds is 1. The Labute approximate surface area is 98.6 Å². The molecule has 0 N–H and O–H groups in total. The zero-order valence-corrected chi connectivity index (χ0v) is 9.87. The first-order chi connectivity index (χ1) is 7.86. The molecule has 3 aromatic rings. The number of aryl methyl sites for hydroxylation is 1. The van der Waals surface area contributed by atoms with Crippen molar-refractivity contribution in [2.45, 2.75) is 0 Å². The topological polar surface area (TPSA) is 3.88 Å². The van der Waals surface area contributed by atoms with Crippen molar-refractivity contribution in [3.05, 3.63) is 54.6 Å². The average Bonchev–Trinajstić information content (AvgIpc) is 2.69. The third-order valence-electron chi connectivity index (χ3n) is 2.76. The lowest BCUT2D eigenvalue weighted by Gasteiger charge is -1.92. The lowest BCUT2D eigenvalue weighted by molar-refractivity contribution is -0.629. The van der Waals surface area contributed by atoms with Crippen LogP contribution in [-0.4, -0.2) is 0 Å². The Kier molecular flexibility index (Phi) is 2.22. The first-order valence-corrected chi connectivity index (χ1v) is 6.11. The number of aromatic nitrogens is 1. The Morgan fingerprint density at radius 1 is 0.875 bits per heavy atom. The van der Waals surface area contributed by atoms with Crippen LogP contribution in [0.5, 0.6) is 0 Å². The standard InChI is InChI=1S/C14H12NS/c1-15-12-9-5-6-10-13(12)16-14(15)11-7-3-2-4-8-11/h2-10H,1H3/q+1. The maximum atomic E-state index is 2.26. The molecule has 0 fully saturated rings. The highest BCUT2D eigenvalue weighted by atomic mass is 32.1. The second kappa shape index (κ2) is 3.72. The summed E-state index contributed by atoms with van der Waals surface area (Å²) in [4.78, 5) is 0. The lowest BCUT2D eigenvalue weighted by atomic mass is 10.2. The molecule has 0 saturated carbocycles. The van der Waals surface area contributed by atoms with E-state index in [4.69, 9.17) is 0 Å². The molecular weight excluding hydrogens is 214 g/mol. The van der Waals surface area contributed by atoms with E-state index in [9.17, 15) is 0 Å². The number of nitrogens with zero attached hydrogens (tertiary/aromatic N) is 1. The number of fused-ring (bicyclic) bond motifs is 1. The third-order valence-corrected chi connectivity index (χ3v) is 4.03. The smallest absolute Gasteiger partial charge is 0.184 e. The molecule has 0 saturated heterocycles. The number of thiazole rings is 1. The van der Waals surface area contributed by atoms with Gasteiger partial charge in [0, 0.05) is 6.07 Å². The monoisotopic (exact) mass is 226 g/mol. The van der Waals surface area contributed by atoms with E-state index in [0.717, 1.165) is 0 Å². The number of para-hydroxylation sites is 1. The normalized spacial score (nSPS) is 10.8. The molecule has 0 amide bonds. The van der Waals surface area contributed by atoms with Gasteiger partial charge < -0.3 is 0 Å². The highest BCUT2D eigenvalue weighted by molar-refractivity contribution is 7.21. The van der Waals surface area contributed by atoms with Gasteiger partial charge in [0.05, 0.1) is 5.56 Å². The number of hydrogen-bond acceptors (Lipinski definition) is 1. The van der Waals surface area contributed by atoms with Crippen LogP contribution in [0.1, 0.15) is 0 Å². The second-order valence-corrected chi connectivity index (χ2v) is 4.83.